The molecule has 31 heavy (non-hydrogen) atoms. The van der Waals surface area contributed by atoms with Crippen LogP contribution in [-0.4, -0.2) is 67.0 Å². The van der Waals surface area contributed by atoms with E-state index in [0.29, 0.717) is 68.8 Å². The number of ketones is 2. The van der Waals surface area contributed by atoms with E-state index in [-0.39, 0.29) is 17.3 Å². The van der Waals surface area contributed by atoms with Crippen LogP contribution in [0, 0.1) is 11.3 Å². The minimum Gasteiger partial charge on any atom is -0.486 e. The van der Waals surface area contributed by atoms with Crippen molar-refractivity contribution in [3.8, 4) is 5.75 Å². The van der Waals surface area contributed by atoms with Crippen molar-refractivity contribution < 1.29 is 23.8 Å². The molecule has 0 aromatic carbocycles. The fourth-order valence-corrected chi connectivity index (χ4v) is 6.15. The Morgan fingerprint density at radius 3 is 2.61 bits per heavy atom. The number of nitrogens with zero attached hydrogens (tertiary/aromatic N) is 3. The molecule has 2 atom stereocenters. The van der Waals surface area contributed by atoms with E-state index in [1.54, 1.807) is 0 Å². The number of anilines is 1. The van der Waals surface area contributed by atoms with Gasteiger partial charge in [-0.2, -0.15) is 0 Å². The number of aromatic nitrogens is 2. The van der Waals surface area contributed by atoms with Crippen molar-refractivity contribution in [1.82, 2.24) is 9.97 Å². The number of hydrogen-bond donors (Lipinski definition) is 0. The summed E-state index contributed by atoms with van der Waals surface area (Å²) in [5, 5.41) is 0.508. The molecular formula is C22H29N3O5S. The van der Waals surface area contributed by atoms with Crippen molar-refractivity contribution in [3.63, 3.8) is 0 Å². The average Bonchev–Trinajstić information content (AvgIpc) is 3.26. The lowest BCUT2D eigenvalue weighted by Gasteiger charge is -2.51. The minimum atomic E-state index is -0.868. The minimum absolute atomic E-state index is 0.0347. The van der Waals surface area contributed by atoms with Gasteiger partial charge >= 0.3 is 0 Å². The number of thioether (sulfide) groups is 1. The van der Waals surface area contributed by atoms with Crippen LogP contribution in [-0.2, 0) is 14.3 Å². The zero-order chi connectivity index (χ0) is 21.6. The van der Waals surface area contributed by atoms with Gasteiger partial charge in [-0.05, 0) is 31.9 Å². The smallest absolute Gasteiger partial charge is 0.195 e. The Balaban J connectivity index is 1.53. The lowest BCUT2D eigenvalue weighted by Crippen LogP contribution is -2.60. The third kappa shape index (κ3) is 3.19. The van der Waals surface area contributed by atoms with Crippen molar-refractivity contribution in [2.45, 2.75) is 55.9 Å². The van der Waals surface area contributed by atoms with Gasteiger partial charge in [-0.15, -0.1) is 0 Å². The Hall–Kier alpha value is -1.71. The van der Waals surface area contributed by atoms with E-state index >= 15 is 0 Å². The first-order valence-corrected chi connectivity index (χ1v) is 12.4. The zero-order valence-corrected chi connectivity index (χ0v) is 19.0. The lowest BCUT2D eigenvalue weighted by molar-refractivity contribution is -0.255. The van der Waals surface area contributed by atoms with Gasteiger partial charge in [0.2, 0.25) is 0 Å². The molecule has 4 aliphatic rings. The Bertz CT molecular complexity index is 899. The fraction of sp³-hybridized carbons (Fsp3) is 0.727. The second kappa shape index (κ2) is 8.01. The summed E-state index contributed by atoms with van der Waals surface area (Å²) in [6.45, 7) is 2.15. The van der Waals surface area contributed by atoms with E-state index in [0.717, 1.165) is 19.3 Å². The summed E-state index contributed by atoms with van der Waals surface area (Å²) < 4.78 is 18.1. The first-order valence-electron chi connectivity index (χ1n) is 11.2. The second-order valence-corrected chi connectivity index (χ2v) is 9.67. The van der Waals surface area contributed by atoms with Gasteiger partial charge in [0.15, 0.2) is 39.8 Å². The molecule has 5 rings (SSSR count). The van der Waals surface area contributed by atoms with Gasteiger partial charge in [0, 0.05) is 13.5 Å². The Labute approximate surface area is 186 Å². The molecule has 9 heteroatoms. The summed E-state index contributed by atoms with van der Waals surface area (Å²) in [4.78, 5) is 38.8. The van der Waals surface area contributed by atoms with Crippen LogP contribution >= 0.6 is 11.8 Å². The SMILES string of the molecule is CSc1nc(C(=O)C2CCC[C@@]3(CCCCC34OCCO4)C2=O)c2c(n1)N(C)CCO2. The largest absolute Gasteiger partial charge is 0.486 e. The van der Waals surface area contributed by atoms with Crippen molar-refractivity contribution in [2.24, 2.45) is 11.3 Å². The van der Waals surface area contributed by atoms with Gasteiger partial charge in [0.25, 0.3) is 0 Å². The highest BCUT2D eigenvalue weighted by molar-refractivity contribution is 7.98. The first kappa shape index (κ1) is 21.2. The van der Waals surface area contributed by atoms with Crippen LogP contribution in [0.3, 0.4) is 0 Å². The molecule has 0 amide bonds. The molecule has 2 aliphatic carbocycles. The van der Waals surface area contributed by atoms with Crippen LogP contribution < -0.4 is 9.64 Å². The Morgan fingerprint density at radius 1 is 1.10 bits per heavy atom. The van der Waals surface area contributed by atoms with E-state index in [1.807, 2.05) is 18.2 Å². The maximum Gasteiger partial charge on any atom is 0.195 e. The van der Waals surface area contributed by atoms with Gasteiger partial charge < -0.3 is 19.1 Å². The molecule has 168 valence electrons. The molecule has 0 radical (unpaired) electrons. The molecule has 1 saturated heterocycles. The monoisotopic (exact) mass is 447 g/mol. The van der Waals surface area contributed by atoms with E-state index in [2.05, 4.69) is 9.97 Å². The maximum atomic E-state index is 14.0. The molecule has 3 heterocycles. The quantitative estimate of drug-likeness (QED) is 0.300. The van der Waals surface area contributed by atoms with Crippen LogP contribution in [0.4, 0.5) is 5.82 Å². The van der Waals surface area contributed by atoms with E-state index in [9.17, 15) is 9.59 Å². The van der Waals surface area contributed by atoms with E-state index in [4.69, 9.17) is 14.2 Å². The van der Waals surface area contributed by atoms with Crippen LogP contribution in [0.5, 0.6) is 5.75 Å². The Morgan fingerprint density at radius 2 is 1.84 bits per heavy atom. The third-order valence-corrected chi connectivity index (χ3v) is 7.87. The zero-order valence-electron chi connectivity index (χ0n) is 18.1. The van der Waals surface area contributed by atoms with Crippen molar-refractivity contribution in [2.75, 3.05) is 44.6 Å². The molecular weight excluding hydrogens is 418 g/mol. The van der Waals surface area contributed by atoms with Gasteiger partial charge in [-0.1, -0.05) is 24.6 Å². The summed E-state index contributed by atoms with van der Waals surface area (Å²) in [5.74, 6) is -0.895. The van der Waals surface area contributed by atoms with E-state index in [1.165, 1.54) is 11.8 Å². The lowest BCUT2D eigenvalue weighted by atomic mass is 9.57. The Kier molecular flexibility index (Phi) is 5.46. The van der Waals surface area contributed by atoms with Crippen molar-refractivity contribution in [1.29, 1.82) is 0 Å². The standard InChI is InChI=1S/C22H29N3O5S/c1-25-10-11-28-17-15(23-20(31-2)24-19(17)25)16(26)14-6-5-8-21(18(14)27)7-3-4-9-22(21)29-12-13-30-22/h14H,3-13H2,1-2H3/t14?,21-/m0/s1. The number of hydrogen-bond acceptors (Lipinski definition) is 9. The topological polar surface area (TPSA) is 90.9 Å². The number of Topliss-reactive ketones (excluding diaryl/α,β-unsaturated/α-hetero) is 2. The predicted molar refractivity (Wildman–Crippen MR) is 115 cm³/mol. The summed E-state index contributed by atoms with van der Waals surface area (Å²) >= 11 is 1.38. The van der Waals surface area contributed by atoms with Gasteiger partial charge in [0.05, 0.1) is 31.1 Å². The molecule has 0 N–H and O–H groups in total. The van der Waals surface area contributed by atoms with Crippen LogP contribution in [0.1, 0.15) is 55.4 Å². The highest BCUT2D eigenvalue weighted by Crippen LogP contribution is 2.56. The molecule has 1 aromatic heterocycles. The molecule has 1 unspecified atom stereocenters. The third-order valence-electron chi connectivity index (χ3n) is 7.32. The number of carbonyl (C=O) groups excluding carboxylic acids is 2. The highest BCUT2D eigenvalue weighted by Gasteiger charge is 2.63. The van der Waals surface area contributed by atoms with Gasteiger partial charge in [-0.25, -0.2) is 9.97 Å². The van der Waals surface area contributed by atoms with E-state index < -0.39 is 17.1 Å². The molecule has 3 fully saturated rings. The van der Waals surface area contributed by atoms with Crippen LogP contribution in [0.25, 0.3) is 0 Å². The molecule has 0 bridgehead atoms. The molecule has 2 aliphatic heterocycles. The highest BCUT2D eigenvalue weighted by atomic mass is 32.2. The molecule has 2 spiro atoms. The number of fused-ring (bicyclic) bond motifs is 2. The van der Waals surface area contributed by atoms with Gasteiger partial charge in [0.1, 0.15) is 6.61 Å². The predicted octanol–water partition coefficient (Wildman–Crippen LogP) is 2.88. The molecule has 1 aromatic rings. The number of rotatable bonds is 3. The summed E-state index contributed by atoms with van der Waals surface area (Å²) in [7, 11) is 1.92. The van der Waals surface area contributed by atoms with Crippen molar-refractivity contribution >= 4 is 29.1 Å². The van der Waals surface area contributed by atoms with Gasteiger partial charge in [-0.3, -0.25) is 9.59 Å². The normalized spacial score (nSPS) is 29.8. The fourth-order valence-electron chi connectivity index (χ4n) is 5.79. The van der Waals surface area contributed by atoms with Crippen molar-refractivity contribution in [3.05, 3.63) is 5.69 Å². The first-order chi connectivity index (χ1) is 15.0. The molecule has 2 saturated carbocycles. The molecule has 8 nitrogen and oxygen atoms in total. The number of carbonyl (C=O) groups is 2. The maximum absolute atomic E-state index is 14.0. The summed E-state index contributed by atoms with van der Waals surface area (Å²) in [5.41, 5.74) is -0.512. The second-order valence-electron chi connectivity index (χ2n) is 8.89. The number of likely N-dealkylation sites (N-methyl/N-ethyl adjacent to an activating group) is 1. The average molecular weight is 448 g/mol. The van der Waals surface area contributed by atoms with Crippen LogP contribution in [0.2, 0.25) is 0 Å². The summed E-state index contributed by atoms with van der Waals surface area (Å²) in [6, 6.07) is 0. The summed E-state index contributed by atoms with van der Waals surface area (Å²) in [6.07, 6.45) is 7.27. The van der Waals surface area contributed by atoms with Crippen LogP contribution in [0.15, 0.2) is 5.16 Å². The number of ether oxygens (including phenoxy) is 3.